The predicted octanol–water partition coefficient (Wildman–Crippen LogP) is 2.47. The van der Waals surface area contributed by atoms with Gasteiger partial charge in [0.1, 0.15) is 22.5 Å². The second kappa shape index (κ2) is 9.92. The van der Waals surface area contributed by atoms with E-state index in [1.165, 1.54) is 20.3 Å². The summed E-state index contributed by atoms with van der Waals surface area (Å²) in [5.41, 5.74) is 0.755. The van der Waals surface area contributed by atoms with Crippen LogP contribution in [0.5, 0.6) is 11.5 Å². The molecule has 0 aliphatic rings. The van der Waals surface area contributed by atoms with Crippen LogP contribution in [-0.4, -0.2) is 45.5 Å². The maximum absolute atomic E-state index is 12.7. The van der Waals surface area contributed by atoms with Crippen molar-refractivity contribution < 1.29 is 27.5 Å². The van der Waals surface area contributed by atoms with E-state index < -0.39 is 32.7 Å². The van der Waals surface area contributed by atoms with Gasteiger partial charge < -0.3 is 20.1 Å². The zero-order valence-corrected chi connectivity index (χ0v) is 17.3. The molecule has 1 atom stereocenters. The zero-order valence-electron chi connectivity index (χ0n) is 16.5. The highest BCUT2D eigenvalue weighted by Gasteiger charge is 2.33. The van der Waals surface area contributed by atoms with Crippen LogP contribution in [0.2, 0.25) is 0 Å². The number of carbonyl (C=O) groups is 2. The summed E-state index contributed by atoms with van der Waals surface area (Å²) in [5, 5.41) is 3.69. The molecule has 9 heteroatoms. The molecule has 2 N–H and O–H groups in total. The second-order valence-electron chi connectivity index (χ2n) is 6.17. The van der Waals surface area contributed by atoms with Crippen LogP contribution >= 0.6 is 0 Å². The normalized spacial score (nSPS) is 12.0. The van der Waals surface area contributed by atoms with Crippen LogP contribution in [0.3, 0.4) is 0 Å². The Labute approximate surface area is 170 Å². The number of benzene rings is 2. The number of carbonyl (C=O) groups excluding carboxylic acids is 2. The van der Waals surface area contributed by atoms with E-state index in [0.29, 0.717) is 17.2 Å². The third kappa shape index (κ3) is 5.95. The van der Waals surface area contributed by atoms with E-state index in [9.17, 15) is 18.0 Å². The summed E-state index contributed by atoms with van der Waals surface area (Å²) in [5.74, 6) is -1.43. The molecular weight excluding hydrogens is 396 g/mol. The first-order valence-corrected chi connectivity index (χ1v) is 10.6. The smallest absolute Gasteiger partial charge is 0.242 e. The first-order valence-electron chi connectivity index (χ1n) is 8.90. The number of sulfone groups is 1. The van der Waals surface area contributed by atoms with Gasteiger partial charge in [-0.25, -0.2) is 8.42 Å². The van der Waals surface area contributed by atoms with Gasteiger partial charge >= 0.3 is 0 Å². The summed E-state index contributed by atoms with van der Waals surface area (Å²) in [6.45, 7) is 1.57. The van der Waals surface area contributed by atoms with Gasteiger partial charge in [0, 0.05) is 11.8 Å². The molecule has 0 radical (unpaired) electrons. The number of rotatable bonds is 9. The van der Waals surface area contributed by atoms with Gasteiger partial charge in [-0.1, -0.05) is 25.1 Å². The van der Waals surface area contributed by atoms with E-state index in [-0.39, 0.29) is 12.1 Å². The summed E-state index contributed by atoms with van der Waals surface area (Å²) in [6, 6.07) is 13.3. The number of amides is 2. The Kier molecular flexibility index (Phi) is 7.60. The van der Waals surface area contributed by atoms with E-state index in [1.807, 2.05) is 0 Å². The lowest BCUT2D eigenvalue weighted by Crippen LogP contribution is -2.39. The Morgan fingerprint density at radius 2 is 1.69 bits per heavy atom. The summed E-state index contributed by atoms with van der Waals surface area (Å²) < 4.78 is 35.7. The molecule has 0 aromatic heterocycles. The highest BCUT2D eigenvalue weighted by Crippen LogP contribution is 2.29. The Morgan fingerprint density at radius 1 is 1.00 bits per heavy atom. The van der Waals surface area contributed by atoms with Crippen LogP contribution in [0, 0.1) is 0 Å². The highest BCUT2D eigenvalue weighted by atomic mass is 32.2. The molecule has 2 aromatic carbocycles. The molecule has 0 fully saturated rings. The second-order valence-corrected chi connectivity index (χ2v) is 8.36. The summed E-state index contributed by atoms with van der Waals surface area (Å²) in [6.07, 6.45) is 0.0130. The Morgan fingerprint density at radius 3 is 2.28 bits per heavy atom. The zero-order chi connectivity index (χ0) is 21.4. The van der Waals surface area contributed by atoms with E-state index in [1.54, 1.807) is 49.4 Å². The Bertz CT molecular complexity index is 960. The average molecular weight is 420 g/mol. The van der Waals surface area contributed by atoms with Crippen molar-refractivity contribution in [3.8, 4) is 11.5 Å². The van der Waals surface area contributed by atoms with Crippen molar-refractivity contribution in [2.24, 2.45) is 0 Å². The highest BCUT2D eigenvalue weighted by molar-refractivity contribution is 7.93. The molecule has 0 spiro atoms. The number of ether oxygens (including phenoxy) is 2. The third-order valence-electron chi connectivity index (χ3n) is 4.15. The van der Waals surface area contributed by atoms with Crippen molar-refractivity contribution in [3.63, 3.8) is 0 Å². The molecular formula is C20H24N2O6S. The fraction of sp³-hybridized carbons (Fsp3) is 0.300. The lowest BCUT2D eigenvalue weighted by molar-refractivity contribution is -0.115. The largest absolute Gasteiger partial charge is 0.497 e. The van der Waals surface area contributed by atoms with Crippen LogP contribution in [-0.2, 0) is 19.4 Å². The quantitative estimate of drug-likeness (QED) is 0.645. The number of para-hydroxylation sites is 1. The van der Waals surface area contributed by atoms with E-state index in [0.717, 1.165) is 0 Å². The maximum atomic E-state index is 12.7. The van der Waals surface area contributed by atoms with Crippen molar-refractivity contribution in [3.05, 3.63) is 48.5 Å². The van der Waals surface area contributed by atoms with E-state index in [4.69, 9.17) is 9.47 Å². The van der Waals surface area contributed by atoms with Gasteiger partial charge in [-0.05, 0) is 30.7 Å². The number of anilines is 2. The van der Waals surface area contributed by atoms with Crippen LogP contribution in [0.1, 0.15) is 13.3 Å². The standard InChI is InChI=1S/C20H24N2O6S/c1-4-18(20(24)22-16-12-15(27-2)10-11-17(16)28-3)29(25,26)13-19(23)21-14-8-6-5-7-9-14/h5-12,18H,4,13H2,1-3H3,(H,21,23)(H,22,24). The van der Waals surface area contributed by atoms with Crippen molar-refractivity contribution in [2.75, 3.05) is 30.6 Å². The molecule has 2 aromatic rings. The fourth-order valence-corrected chi connectivity index (χ4v) is 4.26. The maximum Gasteiger partial charge on any atom is 0.242 e. The van der Waals surface area contributed by atoms with E-state index in [2.05, 4.69) is 10.6 Å². The van der Waals surface area contributed by atoms with Crippen molar-refractivity contribution in [1.82, 2.24) is 0 Å². The molecule has 8 nitrogen and oxygen atoms in total. The Balaban J connectivity index is 2.14. The topological polar surface area (TPSA) is 111 Å². The molecule has 0 bridgehead atoms. The van der Waals surface area contributed by atoms with Crippen LogP contribution in [0.4, 0.5) is 11.4 Å². The lowest BCUT2D eigenvalue weighted by Gasteiger charge is -2.17. The van der Waals surface area contributed by atoms with Gasteiger partial charge in [-0.15, -0.1) is 0 Å². The summed E-state index contributed by atoms with van der Waals surface area (Å²) >= 11 is 0. The molecule has 2 amide bonds. The number of methoxy groups -OCH3 is 2. The molecule has 156 valence electrons. The lowest BCUT2D eigenvalue weighted by atomic mass is 10.2. The molecule has 0 saturated carbocycles. The molecule has 0 heterocycles. The monoisotopic (exact) mass is 420 g/mol. The first kappa shape index (κ1) is 22.2. The summed E-state index contributed by atoms with van der Waals surface area (Å²) in [4.78, 5) is 24.8. The van der Waals surface area contributed by atoms with Gasteiger partial charge in [0.05, 0.1) is 19.9 Å². The molecule has 0 aliphatic heterocycles. The van der Waals surface area contributed by atoms with Gasteiger partial charge in [-0.2, -0.15) is 0 Å². The van der Waals surface area contributed by atoms with E-state index >= 15 is 0 Å². The van der Waals surface area contributed by atoms with Crippen LogP contribution < -0.4 is 20.1 Å². The predicted molar refractivity (Wildman–Crippen MR) is 111 cm³/mol. The Hall–Kier alpha value is -3.07. The SMILES string of the molecule is CCC(C(=O)Nc1cc(OC)ccc1OC)S(=O)(=O)CC(=O)Nc1ccccc1. The average Bonchev–Trinajstić information content (AvgIpc) is 2.68. The fourth-order valence-electron chi connectivity index (χ4n) is 2.73. The van der Waals surface area contributed by atoms with Crippen LogP contribution in [0.25, 0.3) is 0 Å². The van der Waals surface area contributed by atoms with Crippen molar-refractivity contribution in [2.45, 2.75) is 18.6 Å². The summed E-state index contributed by atoms with van der Waals surface area (Å²) in [7, 11) is -1.14. The van der Waals surface area contributed by atoms with Crippen LogP contribution in [0.15, 0.2) is 48.5 Å². The molecule has 1 unspecified atom stereocenters. The van der Waals surface area contributed by atoms with Gasteiger partial charge in [0.25, 0.3) is 0 Å². The minimum absolute atomic E-state index is 0.0130. The first-order chi connectivity index (χ1) is 13.8. The minimum Gasteiger partial charge on any atom is -0.497 e. The number of hydrogen-bond donors (Lipinski definition) is 2. The minimum atomic E-state index is -4.04. The van der Waals surface area contributed by atoms with Crippen molar-refractivity contribution in [1.29, 1.82) is 0 Å². The molecule has 0 aliphatic carbocycles. The molecule has 29 heavy (non-hydrogen) atoms. The van der Waals surface area contributed by atoms with Gasteiger partial charge in [0.15, 0.2) is 9.84 Å². The van der Waals surface area contributed by atoms with Gasteiger partial charge in [-0.3, -0.25) is 9.59 Å². The number of nitrogens with one attached hydrogen (secondary N) is 2. The molecule has 2 rings (SSSR count). The van der Waals surface area contributed by atoms with Crippen molar-refractivity contribution >= 4 is 33.0 Å². The molecule has 0 saturated heterocycles. The van der Waals surface area contributed by atoms with Gasteiger partial charge in [0.2, 0.25) is 11.8 Å². The third-order valence-corrected chi connectivity index (χ3v) is 6.23. The number of hydrogen-bond acceptors (Lipinski definition) is 6.